The maximum absolute atomic E-state index is 5.30. The quantitative estimate of drug-likeness (QED) is 0.215. The lowest BCUT2D eigenvalue weighted by Gasteiger charge is -2.12. The highest BCUT2D eigenvalue weighted by molar-refractivity contribution is 6.33. The third-order valence-corrected chi connectivity index (χ3v) is 9.06. The molecule has 10 rings (SSSR count). The number of nitrogens with zero attached hydrogens (tertiary/aromatic N) is 4. The maximum atomic E-state index is 5.30. The predicted octanol–water partition coefficient (Wildman–Crippen LogP) is 10.1. The van der Waals surface area contributed by atoms with E-state index in [0.717, 1.165) is 33.5 Å². The van der Waals surface area contributed by atoms with Gasteiger partial charge in [-0.2, -0.15) is 0 Å². The molecule has 0 bridgehead atoms. The molecule has 4 nitrogen and oxygen atoms in total. The first-order valence-electron chi connectivity index (χ1n) is 14.9. The highest BCUT2D eigenvalue weighted by Gasteiger charge is 2.25. The molecule has 0 aliphatic carbocycles. The van der Waals surface area contributed by atoms with E-state index in [1.54, 1.807) is 0 Å². The molecule has 0 fully saturated rings. The lowest BCUT2D eigenvalue weighted by molar-refractivity contribution is 0.998. The number of para-hydroxylation sites is 2. The van der Waals surface area contributed by atoms with E-state index in [0.29, 0.717) is 5.95 Å². The van der Waals surface area contributed by atoms with E-state index in [4.69, 9.17) is 9.97 Å². The minimum atomic E-state index is 0.666. The number of hydrogen-bond donors (Lipinski definition) is 0. The first-order valence-corrected chi connectivity index (χ1v) is 14.9. The summed E-state index contributed by atoms with van der Waals surface area (Å²) in [5.41, 5.74) is 9.69. The molecule has 0 saturated carbocycles. The van der Waals surface area contributed by atoms with Crippen molar-refractivity contribution in [2.45, 2.75) is 0 Å². The third-order valence-electron chi connectivity index (χ3n) is 9.06. The van der Waals surface area contributed by atoms with Crippen molar-refractivity contribution in [1.82, 2.24) is 18.9 Å². The Balaban J connectivity index is 1.46. The van der Waals surface area contributed by atoms with Crippen molar-refractivity contribution in [3.8, 4) is 28.5 Å². The van der Waals surface area contributed by atoms with Gasteiger partial charge in [-0.25, -0.2) is 9.97 Å². The second-order valence-electron chi connectivity index (χ2n) is 11.4. The molecule has 4 aromatic heterocycles. The fraction of sp³-hybridized carbons (Fsp3) is 0. The van der Waals surface area contributed by atoms with Gasteiger partial charge in [0.25, 0.3) is 0 Å². The minimum Gasteiger partial charge on any atom is -0.306 e. The number of benzene rings is 6. The normalized spacial score (nSPS) is 12.1. The Morgan fingerprint density at radius 1 is 0.409 bits per heavy atom. The van der Waals surface area contributed by atoms with Crippen LogP contribution in [0.3, 0.4) is 0 Å². The molecule has 0 atom stereocenters. The van der Waals surface area contributed by atoms with E-state index in [2.05, 4.69) is 142 Å². The lowest BCUT2D eigenvalue weighted by Crippen LogP contribution is -2.04. The molecule has 4 heterocycles. The standard InChI is InChI=1S/C40H24N4/c1-3-12-25(13-4-1)31-24-32(26-14-5-2-6-15-26)42-40(41-31)44-35-23-22-27-16-11-19-29-28-17-7-9-20-33(28)43-34-21-10-8-18-30(34)38(44)39(43)37(35)36(27)29/h1-24H. The number of hydrogen-bond acceptors (Lipinski definition) is 2. The maximum Gasteiger partial charge on any atom is 0.235 e. The van der Waals surface area contributed by atoms with Crippen LogP contribution in [0.15, 0.2) is 146 Å². The van der Waals surface area contributed by atoms with Gasteiger partial charge in [-0.05, 0) is 35.0 Å². The van der Waals surface area contributed by atoms with Gasteiger partial charge in [0, 0.05) is 32.7 Å². The second-order valence-corrected chi connectivity index (χ2v) is 11.4. The highest BCUT2D eigenvalue weighted by atomic mass is 15.2. The molecular weight excluding hydrogens is 536 g/mol. The van der Waals surface area contributed by atoms with E-state index >= 15 is 0 Å². The smallest absolute Gasteiger partial charge is 0.235 e. The monoisotopic (exact) mass is 560 g/mol. The van der Waals surface area contributed by atoms with Crippen LogP contribution < -0.4 is 0 Å². The van der Waals surface area contributed by atoms with Gasteiger partial charge in [-0.15, -0.1) is 0 Å². The van der Waals surface area contributed by atoms with E-state index < -0.39 is 0 Å². The molecule has 4 heteroatoms. The average molecular weight is 561 g/mol. The van der Waals surface area contributed by atoms with Crippen molar-refractivity contribution < 1.29 is 0 Å². The fourth-order valence-corrected chi connectivity index (χ4v) is 7.22. The van der Waals surface area contributed by atoms with Crippen LogP contribution in [0.4, 0.5) is 0 Å². The van der Waals surface area contributed by atoms with Crippen molar-refractivity contribution in [1.29, 1.82) is 0 Å². The van der Waals surface area contributed by atoms with Crippen LogP contribution in [-0.2, 0) is 0 Å². The van der Waals surface area contributed by atoms with Crippen LogP contribution in [0.2, 0.25) is 0 Å². The summed E-state index contributed by atoms with van der Waals surface area (Å²) in [7, 11) is 0. The molecule has 0 radical (unpaired) electrons. The summed E-state index contributed by atoms with van der Waals surface area (Å²) < 4.78 is 4.75. The van der Waals surface area contributed by atoms with Crippen LogP contribution in [0.1, 0.15) is 0 Å². The Labute approximate surface area is 252 Å². The largest absolute Gasteiger partial charge is 0.306 e. The predicted molar refractivity (Wildman–Crippen MR) is 182 cm³/mol. The summed E-state index contributed by atoms with van der Waals surface area (Å²) in [6, 6.07) is 51.6. The number of aromatic nitrogens is 4. The Hall–Kier alpha value is -6.00. The molecule has 0 unspecified atom stereocenters. The summed E-state index contributed by atoms with van der Waals surface area (Å²) in [5.74, 6) is 0.666. The van der Waals surface area contributed by atoms with Gasteiger partial charge in [0.1, 0.15) is 0 Å². The zero-order valence-electron chi connectivity index (χ0n) is 23.6. The zero-order valence-corrected chi connectivity index (χ0v) is 23.6. The Bertz CT molecular complexity index is 2640. The molecule has 0 aliphatic heterocycles. The fourth-order valence-electron chi connectivity index (χ4n) is 7.22. The molecule has 10 aromatic rings. The number of rotatable bonds is 3. The molecule has 0 spiro atoms. The zero-order chi connectivity index (χ0) is 28.8. The SMILES string of the molecule is c1ccc(-c2cc(-c3ccccc3)nc(-n3c4ccc5cccc6c7ccccc7n7c8ccccc8c3c7c4c56)n2)cc1. The molecule has 0 aliphatic rings. The van der Waals surface area contributed by atoms with Crippen LogP contribution in [0.25, 0.3) is 88.4 Å². The Kier molecular flexibility index (Phi) is 4.69. The van der Waals surface area contributed by atoms with Crippen LogP contribution in [0.5, 0.6) is 0 Å². The van der Waals surface area contributed by atoms with Crippen LogP contribution >= 0.6 is 0 Å². The van der Waals surface area contributed by atoms with Gasteiger partial charge in [-0.1, -0.05) is 121 Å². The third kappa shape index (κ3) is 3.11. The van der Waals surface area contributed by atoms with Crippen molar-refractivity contribution in [2.24, 2.45) is 0 Å². The molecule has 6 aromatic carbocycles. The topological polar surface area (TPSA) is 35.1 Å². The van der Waals surface area contributed by atoms with Crippen LogP contribution in [0, 0.1) is 0 Å². The highest BCUT2D eigenvalue weighted by Crippen LogP contribution is 2.45. The number of fused-ring (bicyclic) bond motifs is 6. The van der Waals surface area contributed by atoms with Gasteiger partial charge in [0.15, 0.2) is 0 Å². The lowest BCUT2D eigenvalue weighted by atomic mass is 10.0. The van der Waals surface area contributed by atoms with Gasteiger partial charge in [0.05, 0.1) is 39.0 Å². The van der Waals surface area contributed by atoms with Gasteiger partial charge < -0.3 is 4.40 Å². The first-order chi connectivity index (χ1) is 21.8. The van der Waals surface area contributed by atoms with E-state index in [9.17, 15) is 0 Å². The second kappa shape index (κ2) is 8.76. The average Bonchev–Trinajstić information content (AvgIpc) is 3.57. The van der Waals surface area contributed by atoms with Crippen molar-refractivity contribution >= 4 is 59.9 Å². The van der Waals surface area contributed by atoms with Crippen molar-refractivity contribution in [3.63, 3.8) is 0 Å². The molecular formula is C40H24N4. The minimum absolute atomic E-state index is 0.666. The first kappa shape index (κ1) is 23.6. The summed E-state index contributed by atoms with van der Waals surface area (Å²) in [6.45, 7) is 0. The van der Waals surface area contributed by atoms with Gasteiger partial charge in [-0.3, -0.25) is 4.57 Å². The molecule has 204 valence electrons. The van der Waals surface area contributed by atoms with Gasteiger partial charge >= 0.3 is 0 Å². The van der Waals surface area contributed by atoms with Crippen molar-refractivity contribution in [2.75, 3.05) is 0 Å². The summed E-state index contributed by atoms with van der Waals surface area (Å²) in [4.78, 5) is 10.6. The van der Waals surface area contributed by atoms with E-state index in [1.807, 2.05) is 12.1 Å². The van der Waals surface area contributed by atoms with E-state index in [1.165, 1.54) is 48.9 Å². The molecule has 44 heavy (non-hydrogen) atoms. The van der Waals surface area contributed by atoms with E-state index in [-0.39, 0.29) is 0 Å². The van der Waals surface area contributed by atoms with Gasteiger partial charge in [0.2, 0.25) is 5.95 Å². The van der Waals surface area contributed by atoms with Crippen LogP contribution in [-0.4, -0.2) is 18.9 Å². The molecule has 0 saturated heterocycles. The summed E-state index contributed by atoms with van der Waals surface area (Å²) in [6.07, 6.45) is 0. The molecule has 0 N–H and O–H groups in total. The summed E-state index contributed by atoms with van der Waals surface area (Å²) in [5, 5.41) is 7.40. The summed E-state index contributed by atoms with van der Waals surface area (Å²) >= 11 is 0. The Morgan fingerprint density at radius 2 is 1.00 bits per heavy atom. The molecule has 0 amide bonds. The Morgan fingerprint density at radius 3 is 1.70 bits per heavy atom. The van der Waals surface area contributed by atoms with Crippen molar-refractivity contribution in [3.05, 3.63) is 146 Å².